The number of hydrogen-bond acceptors (Lipinski definition) is 4. The summed E-state index contributed by atoms with van der Waals surface area (Å²) >= 11 is 3.38. The molecule has 0 fully saturated rings. The van der Waals surface area contributed by atoms with Crippen molar-refractivity contribution in [3.8, 4) is 0 Å². The van der Waals surface area contributed by atoms with Gasteiger partial charge in [-0.25, -0.2) is 0 Å². The lowest BCUT2D eigenvalue weighted by atomic mass is 10.1. The molecule has 6 nitrogen and oxygen atoms in total. The summed E-state index contributed by atoms with van der Waals surface area (Å²) in [5.41, 5.74) is 7.23. The molecule has 0 saturated heterocycles. The molecule has 1 amide bonds. The van der Waals surface area contributed by atoms with Gasteiger partial charge in [0.15, 0.2) is 0 Å². The first-order valence-electron chi connectivity index (χ1n) is 6.00. The van der Waals surface area contributed by atoms with Crippen molar-refractivity contribution in [2.45, 2.75) is 6.92 Å². The maximum Gasteiger partial charge on any atom is 0.292 e. The van der Waals surface area contributed by atoms with E-state index in [1.807, 2.05) is 13.0 Å². The second kappa shape index (κ2) is 5.92. The predicted octanol–water partition coefficient (Wildman–Crippen LogP) is 3.50. The molecule has 2 rings (SSSR count). The second-order valence-electron chi connectivity index (χ2n) is 4.45. The molecular formula is C14H12BrN3O3. The Balaban J connectivity index is 2.22. The number of hydrogen-bond donors (Lipinski definition) is 2. The van der Waals surface area contributed by atoms with E-state index in [9.17, 15) is 14.9 Å². The van der Waals surface area contributed by atoms with Crippen molar-refractivity contribution in [2.24, 2.45) is 0 Å². The van der Waals surface area contributed by atoms with E-state index in [1.54, 1.807) is 12.1 Å². The zero-order chi connectivity index (χ0) is 15.6. The minimum absolute atomic E-state index is 0.0438. The van der Waals surface area contributed by atoms with Gasteiger partial charge in [-0.05, 0) is 36.8 Å². The van der Waals surface area contributed by atoms with Crippen LogP contribution in [0, 0.1) is 17.0 Å². The van der Waals surface area contributed by atoms with Gasteiger partial charge in [-0.2, -0.15) is 0 Å². The Morgan fingerprint density at radius 1 is 1.29 bits per heavy atom. The van der Waals surface area contributed by atoms with Crippen molar-refractivity contribution in [3.63, 3.8) is 0 Å². The summed E-state index contributed by atoms with van der Waals surface area (Å²) < 4.78 is 0.878. The molecule has 2 aromatic carbocycles. The van der Waals surface area contributed by atoms with E-state index in [-0.39, 0.29) is 22.8 Å². The van der Waals surface area contributed by atoms with Crippen LogP contribution >= 0.6 is 15.9 Å². The second-order valence-corrected chi connectivity index (χ2v) is 5.30. The molecule has 108 valence electrons. The molecule has 0 heterocycles. The predicted molar refractivity (Wildman–Crippen MR) is 84.3 cm³/mol. The monoisotopic (exact) mass is 349 g/mol. The lowest BCUT2D eigenvalue weighted by Crippen LogP contribution is -2.12. The van der Waals surface area contributed by atoms with Gasteiger partial charge in [0.2, 0.25) is 0 Å². The number of nitrogen functional groups attached to an aromatic ring is 1. The number of benzene rings is 2. The highest BCUT2D eigenvalue weighted by Crippen LogP contribution is 2.24. The fourth-order valence-corrected chi connectivity index (χ4v) is 2.11. The van der Waals surface area contributed by atoms with Gasteiger partial charge < -0.3 is 11.1 Å². The molecule has 0 radical (unpaired) electrons. The third kappa shape index (κ3) is 3.38. The minimum Gasteiger partial charge on any atom is -0.393 e. The molecule has 0 bridgehead atoms. The minimum atomic E-state index is -0.589. The number of carbonyl (C=O) groups is 1. The number of rotatable bonds is 3. The number of nitrogens with two attached hydrogens (primary N) is 1. The molecule has 0 aliphatic carbocycles. The molecule has 0 atom stereocenters. The Kier molecular flexibility index (Phi) is 4.23. The fraction of sp³-hybridized carbons (Fsp3) is 0.0714. The van der Waals surface area contributed by atoms with Crippen LogP contribution in [0.5, 0.6) is 0 Å². The van der Waals surface area contributed by atoms with Gasteiger partial charge in [0.25, 0.3) is 11.6 Å². The quantitative estimate of drug-likeness (QED) is 0.503. The van der Waals surface area contributed by atoms with E-state index in [4.69, 9.17) is 5.73 Å². The topological polar surface area (TPSA) is 98.3 Å². The Hall–Kier alpha value is -2.41. The molecule has 0 aliphatic heterocycles. The number of nitrogens with one attached hydrogen (secondary N) is 1. The van der Waals surface area contributed by atoms with E-state index < -0.39 is 4.92 Å². The van der Waals surface area contributed by atoms with E-state index >= 15 is 0 Å². The van der Waals surface area contributed by atoms with Crippen molar-refractivity contribution >= 4 is 38.9 Å². The Bertz CT molecular complexity index is 731. The van der Waals surface area contributed by atoms with Crippen molar-refractivity contribution in [1.29, 1.82) is 0 Å². The number of amides is 1. The molecule has 2 aromatic rings. The lowest BCUT2D eigenvalue weighted by Gasteiger charge is -2.07. The van der Waals surface area contributed by atoms with E-state index in [1.165, 1.54) is 18.2 Å². The number of aryl methyl sites for hydroxylation is 1. The summed E-state index contributed by atoms with van der Waals surface area (Å²) in [4.78, 5) is 22.2. The number of anilines is 2. The fourth-order valence-electron chi connectivity index (χ4n) is 1.74. The molecule has 0 unspecified atom stereocenters. The van der Waals surface area contributed by atoms with Gasteiger partial charge in [0, 0.05) is 21.8 Å². The van der Waals surface area contributed by atoms with Crippen LogP contribution in [0.4, 0.5) is 17.1 Å². The summed E-state index contributed by atoms with van der Waals surface area (Å²) in [6, 6.07) is 9.29. The Labute approximate surface area is 129 Å². The first kappa shape index (κ1) is 15.0. The largest absolute Gasteiger partial charge is 0.393 e. The molecule has 0 aliphatic rings. The van der Waals surface area contributed by atoms with E-state index in [0.717, 1.165) is 10.0 Å². The molecular weight excluding hydrogens is 338 g/mol. The average molecular weight is 350 g/mol. The summed E-state index contributed by atoms with van der Waals surface area (Å²) in [5, 5.41) is 13.4. The van der Waals surface area contributed by atoms with E-state index in [2.05, 4.69) is 21.2 Å². The molecule has 0 saturated carbocycles. The van der Waals surface area contributed by atoms with Crippen LogP contribution in [-0.2, 0) is 0 Å². The van der Waals surface area contributed by atoms with Gasteiger partial charge in [-0.3, -0.25) is 14.9 Å². The number of nitro benzene ring substituents is 1. The summed E-state index contributed by atoms with van der Waals surface area (Å²) in [6.45, 7) is 1.94. The van der Waals surface area contributed by atoms with Crippen LogP contribution < -0.4 is 11.1 Å². The van der Waals surface area contributed by atoms with Crippen molar-refractivity contribution in [1.82, 2.24) is 0 Å². The standard InChI is InChI=1S/C14H12BrN3O3/c1-8-2-4-10(7-11(8)15)17-14(19)9-3-5-13(18(20)21)12(16)6-9/h2-7H,16H2,1H3,(H,17,19). The van der Waals surface area contributed by atoms with Crippen molar-refractivity contribution < 1.29 is 9.72 Å². The van der Waals surface area contributed by atoms with E-state index in [0.29, 0.717) is 5.69 Å². The molecule has 0 aromatic heterocycles. The normalized spacial score (nSPS) is 10.2. The highest BCUT2D eigenvalue weighted by atomic mass is 79.9. The van der Waals surface area contributed by atoms with Gasteiger partial charge in [-0.1, -0.05) is 22.0 Å². The Morgan fingerprint density at radius 2 is 2.00 bits per heavy atom. The van der Waals surface area contributed by atoms with Crippen LogP contribution in [0.15, 0.2) is 40.9 Å². The SMILES string of the molecule is Cc1ccc(NC(=O)c2ccc([N+](=O)[O-])c(N)c2)cc1Br. The van der Waals surface area contributed by atoms with Crippen molar-refractivity contribution in [3.05, 3.63) is 62.1 Å². The third-order valence-electron chi connectivity index (χ3n) is 2.92. The van der Waals surface area contributed by atoms with Crippen LogP contribution in [0.3, 0.4) is 0 Å². The number of nitro groups is 1. The zero-order valence-electron chi connectivity index (χ0n) is 11.1. The maximum atomic E-state index is 12.1. The lowest BCUT2D eigenvalue weighted by molar-refractivity contribution is -0.383. The van der Waals surface area contributed by atoms with Crippen LogP contribution in [-0.4, -0.2) is 10.8 Å². The smallest absolute Gasteiger partial charge is 0.292 e. The molecule has 7 heteroatoms. The maximum absolute atomic E-state index is 12.1. The van der Waals surface area contributed by atoms with Crippen LogP contribution in [0.1, 0.15) is 15.9 Å². The first-order chi connectivity index (χ1) is 9.88. The zero-order valence-corrected chi connectivity index (χ0v) is 12.7. The molecule has 0 spiro atoms. The average Bonchev–Trinajstić information content (AvgIpc) is 2.42. The summed E-state index contributed by atoms with van der Waals surface area (Å²) in [6.07, 6.45) is 0. The molecule has 3 N–H and O–H groups in total. The summed E-state index contributed by atoms with van der Waals surface area (Å²) in [7, 11) is 0. The highest BCUT2D eigenvalue weighted by molar-refractivity contribution is 9.10. The number of halogens is 1. The van der Waals surface area contributed by atoms with Crippen molar-refractivity contribution in [2.75, 3.05) is 11.1 Å². The highest BCUT2D eigenvalue weighted by Gasteiger charge is 2.14. The number of carbonyl (C=O) groups excluding carboxylic acids is 1. The first-order valence-corrected chi connectivity index (χ1v) is 6.79. The van der Waals surface area contributed by atoms with Gasteiger partial charge in [-0.15, -0.1) is 0 Å². The van der Waals surface area contributed by atoms with Gasteiger partial charge in [0.1, 0.15) is 5.69 Å². The van der Waals surface area contributed by atoms with Crippen LogP contribution in [0.25, 0.3) is 0 Å². The van der Waals surface area contributed by atoms with Gasteiger partial charge in [0.05, 0.1) is 4.92 Å². The Morgan fingerprint density at radius 3 is 2.57 bits per heavy atom. The third-order valence-corrected chi connectivity index (χ3v) is 3.77. The summed E-state index contributed by atoms with van der Waals surface area (Å²) in [5.74, 6) is -0.382. The van der Waals surface area contributed by atoms with Crippen LogP contribution in [0.2, 0.25) is 0 Å². The van der Waals surface area contributed by atoms with Gasteiger partial charge >= 0.3 is 0 Å². The number of nitrogens with zero attached hydrogens (tertiary/aromatic N) is 1. The molecule has 21 heavy (non-hydrogen) atoms.